The van der Waals surface area contributed by atoms with E-state index in [1.54, 1.807) is 0 Å². The van der Waals surface area contributed by atoms with Gasteiger partial charge in [0, 0.05) is 25.0 Å². The zero-order valence-corrected chi connectivity index (χ0v) is 12.1. The van der Waals surface area contributed by atoms with E-state index >= 15 is 0 Å². The van der Waals surface area contributed by atoms with Gasteiger partial charge in [-0.2, -0.15) is 0 Å². The average Bonchev–Trinajstić information content (AvgIpc) is 3.02. The summed E-state index contributed by atoms with van der Waals surface area (Å²) in [5.41, 5.74) is -0.483. The van der Waals surface area contributed by atoms with Gasteiger partial charge in [-0.15, -0.1) is 0 Å². The fraction of sp³-hybridized carbons (Fsp3) is 0.857. The second-order valence-electron chi connectivity index (χ2n) is 6.48. The normalized spacial score (nSPS) is 23.3. The van der Waals surface area contributed by atoms with Crippen LogP contribution in [0.2, 0.25) is 0 Å². The van der Waals surface area contributed by atoms with Crippen LogP contribution in [0.3, 0.4) is 0 Å². The zero-order chi connectivity index (χ0) is 14.0. The van der Waals surface area contributed by atoms with Gasteiger partial charge in [-0.1, -0.05) is 0 Å². The second kappa shape index (κ2) is 5.39. The van der Waals surface area contributed by atoms with Crippen LogP contribution in [0.4, 0.5) is 4.79 Å². The Hall–Kier alpha value is -1.26. The van der Waals surface area contributed by atoms with Gasteiger partial charge in [-0.05, 0) is 46.5 Å². The SMILES string of the molecule is CC(C)(C)OC(=O)NC[C@H]1CCCN1C(=O)C1CC1. The van der Waals surface area contributed by atoms with Crippen molar-refractivity contribution < 1.29 is 14.3 Å². The van der Waals surface area contributed by atoms with E-state index in [-0.39, 0.29) is 17.9 Å². The van der Waals surface area contributed by atoms with Gasteiger partial charge >= 0.3 is 6.09 Å². The number of amides is 2. The maximum absolute atomic E-state index is 12.1. The van der Waals surface area contributed by atoms with Crippen LogP contribution in [-0.4, -0.2) is 41.6 Å². The van der Waals surface area contributed by atoms with Gasteiger partial charge in [0.2, 0.25) is 5.91 Å². The summed E-state index contributed by atoms with van der Waals surface area (Å²) in [4.78, 5) is 25.6. The van der Waals surface area contributed by atoms with Crippen LogP contribution in [0.5, 0.6) is 0 Å². The molecule has 0 radical (unpaired) electrons. The predicted molar refractivity (Wildman–Crippen MR) is 71.7 cm³/mol. The standard InChI is InChI=1S/C14H24N2O3/c1-14(2,3)19-13(18)15-9-11-5-4-8-16(11)12(17)10-6-7-10/h10-11H,4-9H2,1-3H3,(H,15,18)/t11-/m1/s1. The number of hydrogen-bond acceptors (Lipinski definition) is 3. The summed E-state index contributed by atoms with van der Waals surface area (Å²) >= 11 is 0. The smallest absolute Gasteiger partial charge is 0.407 e. The Bertz CT molecular complexity index is 358. The highest BCUT2D eigenvalue weighted by atomic mass is 16.6. The van der Waals surface area contributed by atoms with Crippen LogP contribution >= 0.6 is 0 Å². The molecular weight excluding hydrogens is 244 g/mol. The fourth-order valence-corrected chi connectivity index (χ4v) is 2.42. The molecule has 1 heterocycles. The second-order valence-corrected chi connectivity index (χ2v) is 6.48. The summed E-state index contributed by atoms with van der Waals surface area (Å²) in [5, 5.41) is 2.77. The highest BCUT2D eigenvalue weighted by molar-refractivity contribution is 5.81. The quantitative estimate of drug-likeness (QED) is 0.850. The highest BCUT2D eigenvalue weighted by Crippen LogP contribution is 2.33. The van der Waals surface area contributed by atoms with Crippen molar-refractivity contribution in [3.05, 3.63) is 0 Å². The van der Waals surface area contributed by atoms with Gasteiger partial charge in [0.1, 0.15) is 5.60 Å². The minimum Gasteiger partial charge on any atom is -0.444 e. The van der Waals surface area contributed by atoms with Crippen molar-refractivity contribution in [1.82, 2.24) is 10.2 Å². The molecule has 2 rings (SSSR count). The van der Waals surface area contributed by atoms with E-state index in [4.69, 9.17) is 4.74 Å². The van der Waals surface area contributed by atoms with Crippen LogP contribution in [0, 0.1) is 5.92 Å². The lowest BCUT2D eigenvalue weighted by molar-refractivity contribution is -0.133. The van der Waals surface area contributed by atoms with Gasteiger partial charge in [-0.3, -0.25) is 4.79 Å². The van der Waals surface area contributed by atoms with Crippen molar-refractivity contribution >= 4 is 12.0 Å². The Morgan fingerprint density at radius 1 is 1.26 bits per heavy atom. The number of carbonyl (C=O) groups is 2. The molecule has 0 unspecified atom stereocenters. The number of nitrogens with one attached hydrogen (secondary N) is 1. The first-order valence-electron chi connectivity index (χ1n) is 7.14. The van der Waals surface area contributed by atoms with E-state index < -0.39 is 11.7 Å². The number of alkyl carbamates (subject to hydrolysis) is 1. The lowest BCUT2D eigenvalue weighted by atomic mass is 10.2. The summed E-state index contributed by atoms with van der Waals surface area (Å²) in [7, 11) is 0. The molecule has 0 bridgehead atoms. The number of rotatable bonds is 3. The molecular formula is C14H24N2O3. The summed E-state index contributed by atoms with van der Waals surface area (Å²) in [6, 6.07) is 0.139. The molecule has 0 aromatic heterocycles. The molecule has 108 valence electrons. The monoisotopic (exact) mass is 268 g/mol. The Morgan fingerprint density at radius 2 is 1.95 bits per heavy atom. The van der Waals surface area contributed by atoms with E-state index in [1.807, 2.05) is 25.7 Å². The first-order valence-corrected chi connectivity index (χ1v) is 7.14. The molecule has 0 aromatic carbocycles. The minimum absolute atomic E-state index is 0.139. The topological polar surface area (TPSA) is 58.6 Å². The van der Waals surface area contributed by atoms with Crippen molar-refractivity contribution in [1.29, 1.82) is 0 Å². The third kappa shape index (κ3) is 4.11. The van der Waals surface area contributed by atoms with Crippen LogP contribution in [0.1, 0.15) is 46.5 Å². The molecule has 1 aliphatic carbocycles. The third-order valence-electron chi connectivity index (χ3n) is 3.47. The lowest BCUT2D eigenvalue weighted by Crippen LogP contribution is -2.44. The van der Waals surface area contributed by atoms with Crippen molar-refractivity contribution in [3.8, 4) is 0 Å². The maximum atomic E-state index is 12.1. The van der Waals surface area contributed by atoms with E-state index in [0.717, 1.165) is 32.2 Å². The molecule has 0 aromatic rings. The Balaban J connectivity index is 1.78. The first kappa shape index (κ1) is 14.2. The molecule has 1 atom stereocenters. The predicted octanol–water partition coefficient (Wildman–Crippen LogP) is 1.91. The van der Waals surface area contributed by atoms with E-state index in [2.05, 4.69) is 5.32 Å². The zero-order valence-electron chi connectivity index (χ0n) is 12.1. The molecule has 5 nitrogen and oxygen atoms in total. The lowest BCUT2D eigenvalue weighted by Gasteiger charge is -2.26. The van der Waals surface area contributed by atoms with Gasteiger partial charge < -0.3 is 15.0 Å². The minimum atomic E-state index is -0.483. The van der Waals surface area contributed by atoms with Crippen molar-refractivity contribution in [2.24, 2.45) is 5.92 Å². The van der Waals surface area contributed by atoms with Crippen molar-refractivity contribution in [2.45, 2.75) is 58.1 Å². The van der Waals surface area contributed by atoms with Crippen LogP contribution in [-0.2, 0) is 9.53 Å². The number of likely N-dealkylation sites (tertiary alicyclic amines) is 1. The maximum Gasteiger partial charge on any atom is 0.407 e. The van der Waals surface area contributed by atoms with Crippen molar-refractivity contribution in [3.63, 3.8) is 0 Å². The van der Waals surface area contributed by atoms with Gasteiger partial charge in [-0.25, -0.2) is 4.79 Å². The van der Waals surface area contributed by atoms with Crippen LogP contribution in [0.25, 0.3) is 0 Å². The van der Waals surface area contributed by atoms with E-state index in [1.165, 1.54) is 0 Å². The summed E-state index contributed by atoms with van der Waals surface area (Å²) < 4.78 is 5.20. The summed E-state index contributed by atoms with van der Waals surface area (Å²) in [6.07, 6.45) is 3.65. The molecule has 2 aliphatic rings. The van der Waals surface area contributed by atoms with Gasteiger partial charge in [0.05, 0.1) is 0 Å². The Kier molecular flexibility index (Phi) is 4.02. The van der Waals surface area contributed by atoms with Crippen molar-refractivity contribution in [2.75, 3.05) is 13.1 Å². The number of nitrogens with zero attached hydrogens (tertiary/aromatic N) is 1. The molecule has 0 spiro atoms. The van der Waals surface area contributed by atoms with E-state index in [0.29, 0.717) is 6.54 Å². The molecule has 19 heavy (non-hydrogen) atoms. The molecule has 1 saturated heterocycles. The van der Waals surface area contributed by atoms with Crippen LogP contribution < -0.4 is 5.32 Å². The molecule has 1 saturated carbocycles. The molecule has 1 aliphatic heterocycles. The molecule has 2 fully saturated rings. The third-order valence-corrected chi connectivity index (χ3v) is 3.47. The molecule has 1 N–H and O–H groups in total. The van der Waals surface area contributed by atoms with Gasteiger partial charge in [0.15, 0.2) is 0 Å². The summed E-state index contributed by atoms with van der Waals surface area (Å²) in [6.45, 7) is 6.84. The Morgan fingerprint density at radius 3 is 2.53 bits per heavy atom. The molecule has 2 amide bonds. The van der Waals surface area contributed by atoms with Crippen LogP contribution in [0.15, 0.2) is 0 Å². The molecule has 5 heteroatoms. The first-order chi connectivity index (χ1) is 8.87. The Labute approximate surface area is 114 Å². The number of ether oxygens (including phenoxy) is 1. The fourth-order valence-electron chi connectivity index (χ4n) is 2.42. The average molecular weight is 268 g/mol. The number of carbonyl (C=O) groups excluding carboxylic acids is 2. The number of hydrogen-bond donors (Lipinski definition) is 1. The van der Waals surface area contributed by atoms with Gasteiger partial charge in [0.25, 0.3) is 0 Å². The highest BCUT2D eigenvalue weighted by Gasteiger charge is 2.38. The summed E-state index contributed by atoms with van der Waals surface area (Å²) in [5.74, 6) is 0.524. The largest absolute Gasteiger partial charge is 0.444 e. The van der Waals surface area contributed by atoms with E-state index in [9.17, 15) is 9.59 Å².